The van der Waals surface area contributed by atoms with Gasteiger partial charge in [-0.2, -0.15) is 13.2 Å². The minimum atomic E-state index is -4.61. The summed E-state index contributed by atoms with van der Waals surface area (Å²) in [5.74, 6) is 0. The van der Waals surface area contributed by atoms with Crippen LogP contribution in [0.25, 0.3) is 0 Å². The molecule has 0 radical (unpaired) electrons. The fraction of sp³-hybridized carbons (Fsp3) is 1.00. The summed E-state index contributed by atoms with van der Waals surface area (Å²) >= 11 is 0. The Morgan fingerprint density at radius 3 is 1.77 bits per heavy atom. The van der Waals surface area contributed by atoms with Gasteiger partial charge in [0, 0.05) is 0 Å². The van der Waals surface area contributed by atoms with Gasteiger partial charge in [0.1, 0.15) is 0 Å². The van der Waals surface area contributed by atoms with Gasteiger partial charge in [-0.1, -0.05) is 0 Å². The van der Waals surface area contributed by atoms with E-state index in [9.17, 15) is 33.4 Å². The molecule has 0 amide bonds. The Bertz CT molecular complexity index is 202. The van der Waals surface area contributed by atoms with Gasteiger partial charge < -0.3 is 0 Å². The zero-order valence-corrected chi connectivity index (χ0v) is 6.15. The first-order chi connectivity index (χ1) is 5.74. The second-order valence-corrected chi connectivity index (χ2v) is 2.21. The van der Waals surface area contributed by atoms with E-state index in [-0.39, 0.29) is 0 Å². The summed E-state index contributed by atoms with van der Waals surface area (Å²) in [7, 11) is 0. The van der Waals surface area contributed by atoms with E-state index in [1.54, 1.807) is 0 Å². The van der Waals surface area contributed by atoms with E-state index in [1.165, 1.54) is 0 Å². The summed E-state index contributed by atoms with van der Waals surface area (Å²) in [6.45, 7) is 0. The van der Waals surface area contributed by atoms with Gasteiger partial charge in [-0.15, -0.1) is 0 Å². The van der Waals surface area contributed by atoms with Crippen LogP contribution in [0, 0.1) is 20.2 Å². The highest BCUT2D eigenvalue weighted by molar-refractivity contribution is 4.52. The van der Waals surface area contributed by atoms with Gasteiger partial charge in [0.2, 0.25) is 0 Å². The van der Waals surface area contributed by atoms with Crippen LogP contribution < -0.4 is 0 Å². The van der Waals surface area contributed by atoms with Crippen LogP contribution in [0.4, 0.5) is 13.2 Å². The van der Waals surface area contributed by atoms with Gasteiger partial charge in [-0.05, 0) is 0 Å². The third-order valence-corrected chi connectivity index (χ3v) is 1.17. The molecule has 0 heterocycles. The normalized spacial score (nSPS) is 11.7. The molecule has 0 spiro atoms. The monoisotopic (exact) mass is 202 g/mol. The molecule has 0 atom stereocenters. The fourth-order valence-electron chi connectivity index (χ4n) is 0.581. The molecule has 0 aliphatic rings. The Labute approximate surface area is 69.6 Å². The van der Waals surface area contributed by atoms with E-state index in [1.807, 2.05) is 0 Å². The first-order valence-corrected chi connectivity index (χ1v) is 3.08. The summed E-state index contributed by atoms with van der Waals surface area (Å²) in [6.07, 6.45) is -9.64. The average Bonchev–Trinajstić information content (AvgIpc) is 1.82. The van der Waals surface area contributed by atoms with E-state index in [2.05, 4.69) is 0 Å². The van der Waals surface area contributed by atoms with Crippen LogP contribution in [0.5, 0.6) is 0 Å². The molecular weight excluding hydrogens is 197 g/mol. The van der Waals surface area contributed by atoms with Crippen molar-refractivity contribution in [1.82, 2.24) is 0 Å². The molecule has 76 valence electrons. The summed E-state index contributed by atoms with van der Waals surface area (Å²) in [5.41, 5.74) is 0. The molecule has 9 heteroatoms. The van der Waals surface area contributed by atoms with Crippen LogP contribution in [0.15, 0.2) is 0 Å². The minimum Gasteiger partial charge on any atom is -0.259 e. The molecule has 13 heavy (non-hydrogen) atoms. The quantitative estimate of drug-likeness (QED) is 0.389. The maximum atomic E-state index is 11.5. The molecule has 0 unspecified atom stereocenters. The SMILES string of the molecule is O=[N+]([O-])C(CCC(F)(F)F)[N+](=O)[O-]. The van der Waals surface area contributed by atoms with Gasteiger partial charge >= 0.3 is 12.3 Å². The van der Waals surface area contributed by atoms with Crippen molar-refractivity contribution >= 4 is 0 Å². The number of nitro groups is 2. The molecule has 0 saturated heterocycles. The van der Waals surface area contributed by atoms with Crippen LogP contribution in [0.3, 0.4) is 0 Å². The predicted molar refractivity (Wildman–Crippen MR) is 33.1 cm³/mol. The fourth-order valence-corrected chi connectivity index (χ4v) is 0.581. The third kappa shape index (κ3) is 4.93. The molecule has 0 bridgehead atoms. The zero-order valence-electron chi connectivity index (χ0n) is 6.15. The lowest BCUT2D eigenvalue weighted by molar-refractivity contribution is -0.743. The van der Waals surface area contributed by atoms with E-state index in [0.717, 1.165) is 0 Å². The Hall–Kier alpha value is -1.41. The number of nitrogens with zero attached hydrogens (tertiary/aromatic N) is 2. The van der Waals surface area contributed by atoms with Crippen LogP contribution in [-0.2, 0) is 0 Å². The Morgan fingerprint density at radius 1 is 1.15 bits per heavy atom. The summed E-state index contributed by atoms with van der Waals surface area (Å²) < 4.78 is 34.5. The van der Waals surface area contributed by atoms with E-state index in [4.69, 9.17) is 0 Å². The lowest BCUT2D eigenvalue weighted by atomic mass is 10.2. The van der Waals surface area contributed by atoms with Gasteiger partial charge in [-0.3, -0.25) is 20.2 Å². The van der Waals surface area contributed by atoms with E-state index < -0.39 is 35.0 Å². The van der Waals surface area contributed by atoms with E-state index >= 15 is 0 Å². The number of hydrogen-bond donors (Lipinski definition) is 0. The standard InChI is InChI=1S/C4H5F3N2O4/c5-4(6,7)2-1-3(8(10)11)9(12)13/h3H,1-2H2. The molecule has 0 aromatic carbocycles. The second-order valence-electron chi connectivity index (χ2n) is 2.21. The zero-order chi connectivity index (χ0) is 10.6. The molecule has 0 aliphatic carbocycles. The smallest absolute Gasteiger partial charge is 0.259 e. The van der Waals surface area contributed by atoms with Gasteiger partial charge in [-0.25, -0.2) is 0 Å². The van der Waals surface area contributed by atoms with Crippen LogP contribution >= 0.6 is 0 Å². The minimum absolute atomic E-state index is 1.14. The summed E-state index contributed by atoms with van der Waals surface area (Å²) in [6, 6.07) is 0. The molecule has 6 nitrogen and oxygen atoms in total. The molecule has 0 rings (SSSR count). The molecule has 0 aromatic heterocycles. The van der Waals surface area contributed by atoms with Gasteiger partial charge in [0.05, 0.1) is 22.7 Å². The van der Waals surface area contributed by atoms with Crippen molar-refractivity contribution in [1.29, 1.82) is 0 Å². The van der Waals surface area contributed by atoms with Crippen molar-refractivity contribution in [3.05, 3.63) is 20.2 Å². The maximum absolute atomic E-state index is 11.5. The predicted octanol–water partition coefficient (Wildman–Crippen LogP) is 1.21. The molecule has 0 aromatic rings. The highest BCUT2D eigenvalue weighted by Gasteiger charge is 2.38. The number of hydrogen-bond acceptors (Lipinski definition) is 4. The molecule has 0 aliphatic heterocycles. The molecule has 0 saturated carbocycles. The van der Waals surface area contributed by atoms with Crippen molar-refractivity contribution < 1.29 is 23.0 Å². The lowest BCUT2D eigenvalue weighted by Gasteiger charge is -2.04. The highest BCUT2D eigenvalue weighted by atomic mass is 19.4. The lowest BCUT2D eigenvalue weighted by Crippen LogP contribution is -2.30. The first kappa shape index (κ1) is 11.6. The maximum Gasteiger partial charge on any atom is 0.451 e. The molecule has 0 fully saturated rings. The van der Waals surface area contributed by atoms with Gasteiger partial charge in [0.25, 0.3) is 0 Å². The highest BCUT2D eigenvalue weighted by Crippen LogP contribution is 2.22. The van der Waals surface area contributed by atoms with Crippen molar-refractivity contribution in [3.8, 4) is 0 Å². The molecule has 0 N–H and O–H groups in total. The first-order valence-electron chi connectivity index (χ1n) is 3.08. The van der Waals surface area contributed by atoms with Crippen molar-refractivity contribution in [3.63, 3.8) is 0 Å². The number of halogens is 3. The number of rotatable bonds is 4. The topological polar surface area (TPSA) is 86.3 Å². The number of alkyl halides is 3. The Morgan fingerprint density at radius 2 is 1.54 bits per heavy atom. The Balaban J connectivity index is 4.14. The average molecular weight is 202 g/mol. The van der Waals surface area contributed by atoms with Crippen molar-refractivity contribution in [2.75, 3.05) is 0 Å². The van der Waals surface area contributed by atoms with Crippen molar-refractivity contribution in [2.24, 2.45) is 0 Å². The van der Waals surface area contributed by atoms with Crippen LogP contribution in [0.2, 0.25) is 0 Å². The molecular formula is C4H5F3N2O4. The third-order valence-electron chi connectivity index (χ3n) is 1.17. The van der Waals surface area contributed by atoms with Gasteiger partial charge in [0.15, 0.2) is 0 Å². The Kier molecular flexibility index (Phi) is 3.57. The van der Waals surface area contributed by atoms with E-state index in [0.29, 0.717) is 0 Å². The van der Waals surface area contributed by atoms with Crippen LogP contribution in [0.1, 0.15) is 12.8 Å². The van der Waals surface area contributed by atoms with Crippen molar-refractivity contribution in [2.45, 2.75) is 25.2 Å². The summed E-state index contributed by atoms with van der Waals surface area (Å²) in [4.78, 5) is 17.0. The largest absolute Gasteiger partial charge is 0.451 e. The second kappa shape index (κ2) is 4.01. The van der Waals surface area contributed by atoms with Crippen LogP contribution in [-0.4, -0.2) is 22.2 Å². The summed E-state index contributed by atoms with van der Waals surface area (Å²) in [5, 5.41) is 19.7.